The summed E-state index contributed by atoms with van der Waals surface area (Å²) in [5, 5.41) is 0. The average Bonchev–Trinajstić information content (AvgIpc) is 3.08. The van der Waals surface area contributed by atoms with E-state index in [1.165, 1.54) is 0 Å². The lowest BCUT2D eigenvalue weighted by Crippen LogP contribution is -2.17. The zero-order chi connectivity index (χ0) is 13.7. The van der Waals surface area contributed by atoms with Crippen LogP contribution in [-0.4, -0.2) is 21.6 Å². The maximum Gasteiger partial charge on any atom is 0.236 e. The normalized spacial score (nSPS) is 20.1. The fourth-order valence-corrected chi connectivity index (χ4v) is 3.27. The largest absolute Gasteiger partial charge is 0.489 e. The maximum absolute atomic E-state index is 11.2. The van der Waals surface area contributed by atoms with Crippen molar-refractivity contribution in [2.45, 2.75) is 25.5 Å². The molecular formula is C13H15ClO4S. The molecule has 104 valence electrons. The molecule has 1 aromatic rings. The summed E-state index contributed by atoms with van der Waals surface area (Å²) in [6, 6.07) is 3.56. The molecule has 0 unspecified atom stereocenters. The van der Waals surface area contributed by atoms with Crippen LogP contribution in [0.15, 0.2) is 12.1 Å². The van der Waals surface area contributed by atoms with Crippen LogP contribution in [0.4, 0.5) is 0 Å². The third-order valence-corrected chi connectivity index (χ3v) is 4.74. The average molecular weight is 303 g/mol. The highest BCUT2D eigenvalue weighted by Gasteiger charge is 2.46. The third kappa shape index (κ3) is 2.82. The number of aryl methyl sites for hydroxylation is 1. The summed E-state index contributed by atoms with van der Waals surface area (Å²) in [6.07, 6.45) is 2.26. The van der Waals surface area contributed by atoms with Gasteiger partial charge in [0.15, 0.2) is 11.5 Å². The zero-order valence-electron chi connectivity index (χ0n) is 10.6. The molecule has 0 bridgehead atoms. The topological polar surface area (TPSA) is 52.6 Å². The molecule has 6 heteroatoms. The van der Waals surface area contributed by atoms with Gasteiger partial charge in [-0.25, -0.2) is 8.42 Å². The molecule has 1 aliphatic carbocycles. The first-order valence-corrected chi connectivity index (χ1v) is 8.66. The second kappa shape index (κ2) is 4.28. The van der Waals surface area contributed by atoms with Crippen molar-refractivity contribution in [3.63, 3.8) is 0 Å². The Hall–Kier alpha value is -0.940. The molecule has 2 aliphatic rings. The molecule has 1 spiro atoms. The molecule has 4 nitrogen and oxygen atoms in total. The van der Waals surface area contributed by atoms with E-state index in [9.17, 15) is 8.42 Å². The Bertz CT molecular complexity index is 620. The van der Waals surface area contributed by atoms with E-state index in [1.54, 1.807) is 6.07 Å². The molecule has 1 heterocycles. The molecule has 3 rings (SSSR count). The van der Waals surface area contributed by atoms with Gasteiger partial charge in [-0.05, 0) is 43.0 Å². The van der Waals surface area contributed by atoms with E-state index in [4.69, 9.17) is 20.2 Å². The van der Waals surface area contributed by atoms with E-state index in [0.717, 1.165) is 18.4 Å². The van der Waals surface area contributed by atoms with Crippen molar-refractivity contribution in [2.24, 2.45) is 5.41 Å². The first-order chi connectivity index (χ1) is 8.87. The van der Waals surface area contributed by atoms with Gasteiger partial charge in [0.05, 0.1) is 19.0 Å². The van der Waals surface area contributed by atoms with E-state index in [2.05, 4.69) is 0 Å². The van der Waals surface area contributed by atoms with Crippen LogP contribution in [0.1, 0.15) is 24.0 Å². The predicted molar refractivity (Wildman–Crippen MR) is 72.3 cm³/mol. The van der Waals surface area contributed by atoms with E-state index in [1.807, 2.05) is 13.0 Å². The number of hydrogen-bond donors (Lipinski definition) is 0. The number of rotatable bonds is 2. The molecule has 1 fully saturated rings. The minimum atomic E-state index is -3.57. The Morgan fingerprint density at radius 3 is 2.32 bits per heavy atom. The molecule has 0 amide bonds. The highest BCUT2D eigenvalue weighted by molar-refractivity contribution is 8.13. The second-order valence-electron chi connectivity index (χ2n) is 5.49. The van der Waals surface area contributed by atoms with Crippen LogP contribution in [0.3, 0.4) is 0 Å². The Kier molecular flexibility index (Phi) is 2.94. The zero-order valence-corrected chi connectivity index (χ0v) is 12.2. The lowest BCUT2D eigenvalue weighted by atomic mass is 10.1. The van der Waals surface area contributed by atoms with Crippen LogP contribution in [0.25, 0.3) is 0 Å². The van der Waals surface area contributed by atoms with E-state index < -0.39 is 9.05 Å². The number of hydrogen-bond acceptors (Lipinski definition) is 4. The Morgan fingerprint density at radius 2 is 1.79 bits per heavy atom. The fourth-order valence-electron chi connectivity index (χ4n) is 2.24. The molecular weight excluding hydrogens is 288 g/mol. The molecule has 1 aromatic carbocycles. The quantitative estimate of drug-likeness (QED) is 0.788. The van der Waals surface area contributed by atoms with Crippen LogP contribution in [0.5, 0.6) is 11.5 Å². The summed E-state index contributed by atoms with van der Waals surface area (Å²) in [6.45, 7) is 3.15. The molecule has 0 radical (unpaired) electrons. The maximum atomic E-state index is 11.2. The first kappa shape index (κ1) is 13.1. The molecule has 1 saturated carbocycles. The summed E-state index contributed by atoms with van der Waals surface area (Å²) in [5.41, 5.74) is 1.67. The van der Waals surface area contributed by atoms with Crippen molar-refractivity contribution in [3.8, 4) is 11.5 Å². The highest BCUT2D eigenvalue weighted by atomic mass is 35.7. The van der Waals surface area contributed by atoms with E-state index in [0.29, 0.717) is 30.3 Å². The number of halogens is 1. The molecule has 0 aromatic heterocycles. The number of ether oxygens (including phenoxy) is 2. The Balaban J connectivity index is 1.92. The van der Waals surface area contributed by atoms with Crippen molar-refractivity contribution in [2.75, 3.05) is 13.2 Å². The smallest absolute Gasteiger partial charge is 0.236 e. The lowest BCUT2D eigenvalue weighted by Gasteiger charge is -2.11. The lowest BCUT2D eigenvalue weighted by molar-refractivity contribution is 0.197. The second-order valence-corrected chi connectivity index (χ2v) is 8.26. The van der Waals surface area contributed by atoms with Crippen molar-refractivity contribution in [3.05, 3.63) is 23.3 Å². The van der Waals surface area contributed by atoms with Gasteiger partial charge in [-0.2, -0.15) is 0 Å². The van der Waals surface area contributed by atoms with E-state index in [-0.39, 0.29) is 11.2 Å². The van der Waals surface area contributed by atoms with Crippen molar-refractivity contribution in [1.82, 2.24) is 0 Å². The van der Waals surface area contributed by atoms with Gasteiger partial charge < -0.3 is 9.47 Å². The van der Waals surface area contributed by atoms with Crippen LogP contribution in [-0.2, 0) is 14.8 Å². The van der Waals surface area contributed by atoms with Crippen LogP contribution < -0.4 is 9.47 Å². The molecule has 0 N–H and O–H groups in total. The minimum Gasteiger partial charge on any atom is -0.489 e. The van der Waals surface area contributed by atoms with Crippen molar-refractivity contribution in [1.29, 1.82) is 0 Å². The highest BCUT2D eigenvalue weighted by Crippen LogP contribution is 2.49. The third-order valence-electron chi connectivity index (χ3n) is 3.76. The summed E-state index contributed by atoms with van der Waals surface area (Å²) in [4.78, 5) is 0. The number of fused-ring (bicyclic) bond motifs is 1. The van der Waals surface area contributed by atoms with Crippen molar-refractivity contribution >= 4 is 19.7 Å². The monoisotopic (exact) mass is 302 g/mol. The SMILES string of the molecule is Cc1cc2c(cc1CS(=O)(=O)Cl)OCC1(CC1)CO2. The van der Waals surface area contributed by atoms with E-state index >= 15 is 0 Å². The van der Waals surface area contributed by atoms with Gasteiger partial charge in [-0.3, -0.25) is 0 Å². The fraction of sp³-hybridized carbons (Fsp3) is 0.538. The predicted octanol–water partition coefficient (Wildman–Crippen LogP) is 2.62. The molecule has 1 aliphatic heterocycles. The summed E-state index contributed by atoms with van der Waals surface area (Å²) in [5.74, 6) is 1.11. The molecule has 19 heavy (non-hydrogen) atoms. The number of benzene rings is 1. The van der Waals surface area contributed by atoms with Gasteiger partial charge in [0.2, 0.25) is 9.05 Å². The van der Waals surface area contributed by atoms with Crippen LogP contribution in [0, 0.1) is 12.3 Å². The molecule has 0 atom stereocenters. The Morgan fingerprint density at radius 1 is 1.21 bits per heavy atom. The van der Waals surface area contributed by atoms with Gasteiger partial charge in [0, 0.05) is 16.1 Å². The van der Waals surface area contributed by atoms with Gasteiger partial charge in [-0.1, -0.05) is 0 Å². The standard InChI is InChI=1S/C13H15ClO4S/c1-9-4-11-12(5-10(9)6-19(14,15)16)18-8-13(2-3-13)7-17-11/h4-5H,2-3,6-8H2,1H3. The van der Waals surface area contributed by atoms with Gasteiger partial charge >= 0.3 is 0 Å². The van der Waals surface area contributed by atoms with Gasteiger partial charge in [0.25, 0.3) is 0 Å². The van der Waals surface area contributed by atoms with Crippen LogP contribution in [0.2, 0.25) is 0 Å². The molecule has 0 saturated heterocycles. The summed E-state index contributed by atoms with van der Waals surface area (Å²) >= 11 is 0. The summed E-state index contributed by atoms with van der Waals surface area (Å²) in [7, 11) is 1.74. The Labute approximate surface area is 117 Å². The van der Waals surface area contributed by atoms with Gasteiger partial charge in [0.1, 0.15) is 0 Å². The van der Waals surface area contributed by atoms with Gasteiger partial charge in [-0.15, -0.1) is 0 Å². The summed E-state index contributed by atoms with van der Waals surface area (Å²) < 4.78 is 33.9. The van der Waals surface area contributed by atoms with Crippen LogP contribution >= 0.6 is 10.7 Å². The van der Waals surface area contributed by atoms with Crippen molar-refractivity contribution < 1.29 is 17.9 Å². The minimum absolute atomic E-state index is 0.172. The first-order valence-electron chi connectivity index (χ1n) is 6.18.